The van der Waals surface area contributed by atoms with Crippen LogP contribution in [0.15, 0.2) is 60.7 Å². The second-order valence-corrected chi connectivity index (χ2v) is 7.90. The fraction of sp³-hybridized carbons (Fsp3) is 0.333. The summed E-state index contributed by atoms with van der Waals surface area (Å²) in [4.78, 5) is 17.0. The molecule has 0 unspecified atom stereocenters. The largest absolute Gasteiger partial charge is 0.378 e. The molecule has 2 heterocycles. The number of nitrogens with one attached hydrogen (secondary N) is 1. The van der Waals surface area contributed by atoms with E-state index in [9.17, 15) is 4.79 Å². The van der Waals surface area contributed by atoms with E-state index in [4.69, 9.17) is 4.74 Å². The van der Waals surface area contributed by atoms with E-state index >= 15 is 0 Å². The molecule has 1 amide bonds. The number of para-hydroxylation sites is 1. The molecule has 1 aromatic heterocycles. The second-order valence-electron chi connectivity index (χ2n) is 7.90. The lowest BCUT2D eigenvalue weighted by Gasteiger charge is -2.29. The number of hydrogen-bond donors (Lipinski definition) is 1. The quantitative estimate of drug-likeness (QED) is 0.638. The molecule has 2 aromatic carbocycles. The maximum Gasteiger partial charge on any atom is 0.239 e. The van der Waals surface area contributed by atoms with Crippen molar-refractivity contribution in [3.8, 4) is 5.69 Å². The molecule has 1 aliphatic rings. The molecule has 1 fully saturated rings. The van der Waals surface area contributed by atoms with Crippen LogP contribution in [0.3, 0.4) is 0 Å². The fourth-order valence-electron chi connectivity index (χ4n) is 3.78. The van der Waals surface area contributed by atoms with E-state index in [-0.39, 0.29) is 5.91 Å². The lowest BCUT2D eigenvalue weighted by molar-refractivity contribution is -0.117. The predicted octanol–water partition coefficient (Wildman–Crippen LogP) is 3.09. The molecular weight excluding hydrogens is 390 g/mol. The second kappa shape index (κ2) is 9.76. The third-order valence-corrected chi connectivity index (χ3v) is 5.28. The van der Waals surface area contributed by atoms with Crippen LogP contribution in [0, 0.1) is 6.92 Å². The van der Waals surface area contributed by atoms with E-state index in [0.29, 0.717) is 18.9 Å². The summed E-state index contributed by atoms with van der Waals surface area (Å²) in [5.41, 5.74) is 4.17. The lowest BCUT2D eigenvalue weighted by Crippen LogP contribution is -2.36. The Labute approximate surface area is 183 Å². The van der Waals surface area contributed by atoms with Crippen molar-refractivity contribution in [1.29, 1.82) is 0 Å². The van der Waals surface area contributed by atoms with Crippen molar-refractivity contribution in [2.75, 3.05) is 50.1 Å². The highest BCUT2D eigenvalue weighted by atomic mass is 16.5. The summed E-state index contributed by atoms with van der Waals surface area (Å²) < 4.78 is 7.18. The maximum absolute atomic E-state index is 12.7. The molecule has 1 saturated heterocycles. The molecule has 0 aliphatic carbocycles. The molecule has 0 radical (unpaired) electrons. The van der Waals surface area contributed by atoms with Crippen LogP contribution in [0.25, 0.3) is 5.69 Å². The zero-order valence-corrected chi connectivity index (χ0v) is 18.1. The van der Waals surface area contributed by atoms with Crippen LogP contribution in [-0.4, -0.2) is 60.5 Å². The number of carbonyl (C=O) groups excluding carboxylic acids is 1. The summed E-state index contributed by atoms with van der Waals surface area (Å²) in [6, 6.07) is 20.2. The summed E-state index contributed by atoms with van der Waals surface area (Å²) >= 11 is 0. The molecule has 0 bridgehead atoms. The minimum absolute atomic E-state index is 0.0653. The van der Waals surface area contributed by atoms with Gasteiger partial charge in [0.05, 0.1) is 31.1 Å². The zero-order chi connectivity index (χ0) is 21.6. The molecule has 0 atom stereocenters. The van der Waals surface area contributed by atoms with Crippen LogP contribution >= 0.6 is 0 Å². The molecular formula is C24H29N5O2. The Morgan fingerprint density at radius 2 is 1.77 bits per heavy atom. The van der Waals surface area contributed by atoms with Gasteiger partial charge in [-0.2, -0.15) is 5.10 Å². The molecule has 0 saturated carbocycles. The zero-order valence-electron chi connectivity index (χ0n) is 18.1. The molecule has 162 valence electrons. The van der Waals surface area contributed by atoms with Gasteiger partial charge < -0.3 is 15.0 Å². The number of aryl methyl sites for hydroxylation is 1. The molecule has 7 heteroatoms. The summed E-state index contributed by atoms with van der Waals surface area (Å²) in [5.74, 6) is 0.612. The number of rotatable bonds is 7. The highest BCUT2D eigenvalue weighted by Gasteiger charge is 2.14. The van der Waals surface area contributed by atoms with Crippen molar-refractivity contribution in [2.45, 2.75) is 13.5 Å². The molecule has 3 aromatic rings. The van der Waals surface area contributed by atoms with Gasteiger partial charge in [-0.25, -0.2) is 4.68 Å². The Morgan fingerprint density at radius 1 is 1.06 bits per heavy atom. The van der Waals surface area contributed by atoms with Crippen molar-refractivity contribution in [2.24, 2.45) is 0 Å². The smallest absolute Gasteiger partial charge is 0.239 e. The third-order valence-electron chi connectivity index (χ3n) is 5.28. The normalized spacial score (nSPS) is 14.1. The Hall–Kier alpha value is -3.16. The number of ether oxygens (including phenoxy) is 1. The van der Waals surface area contributed by atoms with E-state index in [0.717, 1.165) is 37.7 Å². The molecule has 4 rings (SSSR count). The van der Waals surface area contributed by atoms with Gasteiger partial charge in [-0.15, -0.1) is 0 Å². The Bertz CT molecular complexity index is 995. The minimum Gasteiger partial charge on any atom is -0.378 e. The number of benzene rings is 2. The van der Waals surface area contributed by atoms with E-state index in [2.05, 4.69) is 39.6 Å². The molecule has 31 heavy (non-hydrogen) atoms. The summed E-state index contributed by atoms with van der Waals surface area (Å²) in [6.45, 7) is 6.33. The Morgan fingerprint density at radius 3 is 2.48 bits per heavy atom. The standard InChI is InChI=1S/C24H29N5O2/c1-19-16-23(29(26-19)22-6-4-3-5-7-22)25-24(30)18-27(2)17-20-8-10-21(11-9-20)28-12-14-31-15-13-28/h3-11,16H,12-15,17-18H2,1-2H3,(H,25,30). The van der Waals surface area contributed by atoms with Crippen molar-refractivity contribution in [3.05, 3.63) is 71.9 Å². The first kappa shape index (κ1) is 21.1. The number of likely N-dealkylation sites (N-methyl/N-ethyl adjacent to an activating group) is 1. The molecule has 0 spiro atoms. The van der Waals surface area contributed by atoms with Crippen molar-refractivity contribution in [1.82, 2.24) is 14.7 Å². The van der Waals surface area contributed by atoms with Gasteiger partial charge in [-0.3, -0.25) is 9.69 Å². The Kier molecular flexibility index (Phi) is 6.64. The van der Waals surface area contributed by atoms with Gasteiger partial charge in [0.1, 0.15) is 5.82 Å². The highest BCUT2D eigenvalue weighted by Crippen LogP contribution is 2.18. The summed E-state index contributed by atoms with van der Waals surface area (Å²) in [6.07, 6.45) is 0. The van der Waals surface area contributed by atoms with E-state index in [1.807, 2.05) is 55.3 Å². The SMILES string of the molecule is Cc1cc(NC(=O)CN(C)Cc2ccc(N3CCOCC3)cc2)n(-c2ccccc2)n1. The van der Waals surface area contributed by atoms with Gasteiger partial charge in [0.2, 0.25) is 5.91 Å². The number of hydrogen-bond acceptors (Lipinski definition) is 5. The van der Waals surface area contributed by atoms with Crippen LogP contribution in [0.5, 0.6) is 0 Å². The number of morpholine rings is 1. The minimum atomic E-state index is -0.0653. The van der Waals surface area contributed by atoms with Gasteiger partial charge in [0.15, 0.2) is 0 Å². The number of carbonyl (C=O) groups is 1. The van der Waals surface area contributed by atoms with Gasteiger partial charge >= 0.3 is 0 Å². The fourth-order valence-corrected chi connectivity index (χ4v) is 3.78. The first-order valence-corrected chi connectivity index (χ1v) is 10.6. The van der Waals surface area contributed by atoms with Crippen molar-refractivity contribution in [3.63, 3.8) is 0 Å². The predicted molar refractivity (Wildman–Crippen MR) is 123 cm³/mol. The first-order valence-electron chi connectivity index (χ1n) is 10.6. The Balaban J connectivity index is 1.33. The first-order chi connectivity index (χ1) is 15.1. The molecule has 7 nitrogen and oxygen atoms in total. The van der Waals surface area contributed by atoms with E-state index < -0.39 is 0 Å². The number of nitrogens with zero attached hydrogens (tertiary/aromatic N) is 4. The third kappa shape index (κ3) is 5.51. The maximum atomic E-state index is 12.7. The average Bonchev–Trinajstić information content (AvgIpc) is 3.15. The van der Waals surface area contributed by atoms with Crippen molar-refractivity contribution >= 4 is 17.4 Å². The van der Waals surface area contributed by atoms with E-state index in [1.54, 1.807) is 4.68 Å². The summed E-state index contributed by atoms with van der Waals surface area (Å²) in [5, 5.41) is 7.50. The van der Waals surface area contributed by atoms with Gasteiger partial charge in [-0.1, -0.05) is 30.3 Å². The number of anilines is 2. The van der Waals surface area contributed by atoms with Gasteiger partial charge in [0, 0.05) is 31.4 Å². The van der Waals surface area contributed by atoms with E-state index in [1.165, 1.54) is 11.3 Å². The highest BCUT2D eigenvalue weighted by molar-refractivity contribution is 5.91. The number of amides is 1. The van der Waals surface area contributed by atoms with Gasteiger partial charge in [0.25, 0.3) is 0 Å². The van der Waals surface area contributed by atoms with Crippen LogP contribution in [0.4, 0.5) is 11.5 Å². The van der Waals surface area contributed by atoms with Crippen molar-refractivity contribution < 1.29 is 9.53 Å². The average molecular weight is 420 g/mol. The molecule has 1 N–H and O–H groups in total. The van der Waals surface area contributed by atoms with Crippen LogP contribution in [0.2, 0.25) is 0 Å². The van der Waals surface area contributed by atoms with Gasteiger partial charge in [-0.05, 0) is 43.8 Å². The topological polar surface area (TPSA) is 62.6 Å². The van der Waals surface area contributed by atoms with Crippen LogP contribution < -0.4 is 10.2 Å². The summed E-state index contributed by atoms with van der Waals surface area (Å²) in [7, 11) is 1.95. The monoisotopic (exact) mass is 419 g/mol. The van der Waals surface area contributed by atoms with Crippen LogP contribution in [-0.2, 0) is 16.1 Å². The van der Waals surface area contributed by atoms with Crippen LogP contribution in [0.1, 0.15) is 11.3 Å². The number of aromatic nitrogens is 2. The molecule has 1 aliphatic heterocycles. The lowest BCUT2D eigenvalue weighted by atomic mass is 10.1.